The SMILES string of the molecule is CCC(C)C1CN(CCc2nccs2)CCN1. The minimum absolute atomic E-state index is 0.671. The van der Waals surface area contributed by atoms with Crippen LogP contribution in [-0.4, -0.2) is 42.1 Å². The fraction of sp³-hybridized carbons (Fsp3) is 0.769. The molecule has 1 fully saturated rings. The quantitative estimate of drug-likeness (QED) is 0.870. The van der Waals surface area contributed by atoms with Gasteiger partial charge < -0.3 is 10.2 Å². The van der Waals surface area contributed by atoms with Crippen LogP contribution in [-0.2, 0) is 6.42 Å². The van der Waals surface area contributed by atoms with Gasteiger partial charge >= 0.3 is 0 Å². The molecule has 1 aromatic heterocycles. The summed E-state index contributed by atoms with van der Waals surface area (Å²) in [6.07, 6.45) is 4.27. The van der Waals surface area contributed by atoms with Crippen LogP contribution in [0.5, 0.6) is 0 Å². The highest BCUT2D eigenvalue weighted by molar-refractivity contribution is 7.09. The van der Waals surface area contributed by atoms with Crippen LogP contribution in [0.2, 0.25) is 0 Å². The van der Waals surface area contributed by atoms with Crippen molar-refractivity contribution in [1.29, 1.82) is 0 Å². The van der Waals surface area contributed by atoms with Gasteiger partial charge in [0.1, 0.15) is 0 Å². The summed E-state index contributed by atoms with van der Waals surface area (Å²) in [6.45, 7) is 9.29. The Morgan fingerprint density at radius 2 is 2.53 bits per heavy atom. The number of piperazine rings is 1. The van der Waals surface area contributed by atoms with Crippen LogP contribution in [0.15, 0.2) is 11.6 Å². The van der Waals surface area contributed by atoms with Crippen molar-refractivity contribution in [3.8, 4) is 0 Å². The monoisotopic (exact) mass is 253 g/mol. The maximum atomic E-state index is 4.35. The summed E-state index contributed by atoms with van der Waals surface area (Å²) in [4.78, 5) is 6.93. The molecule has 0 amide bonds. The molecule has 0 bridgehead atoms. The highest BCUT2D eigenvalue weighted by Crippen LogP contribution is 2.13. The first kappa shape index (κ1) is 13.0. The predicted molar refractivity (Wildman–Crippen MR) is 73.5 cm³/mol. The van der Waals surface area contributed by atoms with E-state index in [-0.39, 0.29) is 0 Å². The van der Waals surface area contributed by atoms with E-state index in [2.05, 4.69) is 34.4 Å². The molecule has 2 atom stereocenters. The number of aromatic nitrogens is 1. The molecule has 0 radical (unpaired) electrons. The second-order valence-corrected chi connectivity index (χ2v) is 5.90. The molecule has 1 N–H and O–H groups in total. The Morgan fingerprint density at radius 3 is 3.24 bits per heavy atom. The van der Waals surface area contributed by atoms with E-state index in [9.17, 15) is 0 Å². The highest BCUT2D eigenvalue weighted by atomic mass is 32.1. The second-order valence-electron chi connectivity index (χ2n) is 4.92. The van der Waals surface area contributed by atoms with Gasteiger partial charge in [0.05, 0.1) is 5.01 Å². The van der Waals surface area contributed by atoms with Crippen molar-refractivity contribution < 1.29 is 0 Å². The Morgan fingerprint density at radius 1 is 1.65 bits per heavy atom. The lowest BCUT2D eigenvalue weighted by Gasteiger charge is -2.36. The third kappa shape index (κ3) is 3.76. The van der Waals surface area contributed by atoms with Gasteiger partial charge in [-0.3, -0.25) is 0 Å². The van der Waals surface area contributed by atoms with Gasteiger partial charge in [-0.05, 0) is 5.92 Å². The summed E-state index contributed by atoms with van der Waals surface area (Å²) >= 11 is 1.77. The lowest BCUT2D eigenvalue weighted by molar-refractivity contribution is 0.170. The van der Waals surface area contributed by atoms with E-state index in [1.54, 1.807) is 11.3 Å². The topological polar surface area (TPSA) is 28.2 Å². The molecular weight excluding hydrogens is 230 g/mol. The largest absolute Gasteiger partial charge is 0.311 e. The molecule has 1 aliphatic heterocycles. The minimum atomic E-state index is 0.671. The molecule has 0 spiro atoms. The smallest absolute Gasteiger partial charge is 0.0937 e. The van der Waals surface area contributed by atoms with Crippen molar-refractivity contribution in [3.05, 3.63) is 16.6 Å². The third-order valence-corrected chi connectivity index (χ3v) is 4.59. The fourth-order valence-electron chi connectivity index (χ4n) is 2.34. The molecule has 2 unspecified atom stereocenters. The molecule has 1 saturated heterocycles. The number of hydrogen-bond donors (Lipinski definition) is 1. The molecular formula is C13H23N3S. The molecule has 17 heavy (non-hydrogen) atoms. The Hall–Kier alpha value is -0.450. The molecule has 2 heterocycles. The predicted octanol–water partition coefficient (Wildman–Crippen LogP) is 2.01. The summed E-state index contributed by atoms with van der Waals surface area (Å²) in [5, 5.41) is 6.97. The van der Waals surface area contributed by atoms with Crippen LogP contribution in [0.25, 0.3) is 0 Å². The van der Waals surface area contributed by atoms with Gasteiger partial charge in [-0.15, -0.1) is 11.3 Å². The van der Waals surface area contributed by atoms with E-state index in [0.717, 1.165) is 25.4 Å². The molecule has 0 aromatic carbocycles. The number of thiazole rings is 1. The Bertz CT molecular complexity index is 312. The van der Waals surface area contributed by atoms with E-state index < -0.39 is 0 Å². The summed E-state index contributed by atoms with van der Waals surface area (Å²) in [6, 6.07) is 0.671. The van der Waals surface area contributed by atoms with Crippen molar-refractivity contribution in [2.24, 2.45) is 5.92 Å². The Kier molecular flexibility index (Phi) is 4.95. The Labute approximate surface area is 108 Å². The van der Waals surface area contributed by atoms with Crippen LogP contribution in [0.4, 0.5) is 0 Å². The van der Waals surface area contributed by atoms with Gasteiger partial charge in [-0.2, -0.15) is 0 Å². The van der Waals surface area contributed by atoms with Crippen LogP contribution >= 0.6 is 11.3 Å². The second kappa shape index (κ2) is 6.47. The van der Waals surface area contributed by atoms with Crippen molar-refractivity contribution in [3.63, 3.8) is 0 Å². The zero-order chi connectivity index (χ0) is 12.1. The van der Waals surface area contributed by atoms with Gasteiger partial charge in [-0.25, -0.2) is 4.98 Å². The van der Waals surface area contributed by atoms with E-state index in [4.69, 9.17) is 0 Å². The molecule has 2 rings (SSSR count). The minimum Gasteiger partial charge on any atom is -0.311 e. The normalized spacial score (nSPS) is 23.8. The highest BCUT2D eigenvalue weighted by Gasteiger charge is 2.22. The average Bonchev–Trinajstić information content (AvgIpc) is 2.89. The van der Waals surface area contributed by atoms with Crippen molar-refractivity contribution in [2.45, 2.75) is 32.7 Å². The zero-order valence-corrected chi connectivity index (χ0v) is 11.7. The number of rotatable bonds is 5. The van der Waals surface area contributed by atoms with Gasteiger partial charge in [0.25, 0.3) is 0 Å². The Balaban J connectivity index is 1.77. The number of hydrogen-bond acceptors (Lipinski definition) is 4. The molecule has 1 aliphatic rings. The standard InChI is InChI=1S/C13H23N3S/c1-3-11(2)12-10-16(8-5-14-12)7-4-13-15-6-9-17-13/h6,9,11-12,14H,3-5,7-8,10H2,1-2H3. The lowest BCUT2D eigenvalue weighted by Crippen LogP contribution is -2.53. The first-order valence-electron chi connectivity index (χ1n) is 6.63. The molecule has 1 aromatic rings. The van der Waals surface area contributed by atoms with Crippen molar-refractivity contribution >= 4 is 11.3 Å². The van der Waals surface area contributed by atoms with Crippen molar-refractivity contribution in [2.75, 3.05) is 26.2 Å². The van der Waals surface area contributed by atoms with Crippen molar-refractivity contribution in [1.82, 2.24) is 15.2 Å². The maximum absolute atomic E-state index is 4.35. The molecule has 0 saturated carbocycles. The number of nitrogens with one attached hydrogen (secondary N) is 1. The lowest BCUT2D eigenvalue weighted by atomic mass is 9.97. The van der Waals surface area contributed by atoms with Crippen LogP contribution in [0, 0.1) is 5.92 Å². The average molecular weight is 253 g/mol. The van der Waals surface area contributed by atoms with Crippen LogP contribution in [0.3, 0.4) is 0 Å². The van der Waals surface area contributed by atoms with E-state index >= 15 is 0 Å². The van der Waals surface area contributed by atoms with Gasteiger partial charge in [0.2, 0.25) is 0 Å². The molecule has 4 heteroatoms. The van der Waals surface area contributed by atoms with E-state index in [1.807, 2.05) is 6.20 Å². The van der Waals surface area contributed by atoms with Gasteiger partial charge in [-0.1, -0.05) is 20.3 Å². The van der Waals surface area contributed by atoms with Crippen LogP contribution < -0.4 is 5.32 Å². The number of nitrogens with zero attached hydrogens (tertiary/aromatic N) is 2. The first-order chi connectivity index (χ1) is 8.29. The van der Waals surface area contributed by atoms with E-state index in [0.29, 0.717) is 6.04 Å². The summed E-state index contributed by atoms with van der Waals surface area (Å²) in [5.41, 5.74) is 0. The first-order valence-corrected chi connectivity index (χ1v) is 7.51. The molecule has 0 aliphatic carbocycles. The summed E-state index contributed by atoms with van der Waals surface area (Å²) in [5.74, 6) is 0.776. The van der Waals surface area contributed by atoms with Crippen LogP contribution in [0.1, 0.15) is 25.3 Å². The van der Waals surface area contributed by atoms with Gasteiger partial charge in [0.15, 0.2) is 0 Å². The summed E-state index contributed by atoms with van der Waals surface area (Å²) in [7, 11) is 0. The summed E-state index contributed by atoms with van der Waals surface area (Å²) < 4.78 is 0. The maximum Gasteiger partial charge on any atom is 0.0937 e. The molecule has 96 valence electrons. The fourth-order valence-corrected chi connectivity index (χ4v) is 2.95. The third-order valence-electron chi connectivity index (χ3n) is 3.75. The molecule has 3 nitrogen and oxygen atoms in total. The zero-order valence-electron chi connectivity index (χ0n) is 10.9. The van der Waals surface area contributed by atoms with Gasteiger partial charge in [0, 0.05) is 50.2 Å². The van der Waals surface area contributed by atoms with E-state index in [1.165, 1.54) is 24.5 Å².